The number of rotatable bonds is 5. The largest absolute Gasteiger partial charge is 0.250 e. The summed E-state index contributed by atoms with van der Waals surface area (Å²) in [6.45, 7) is 0.988. The first-order chi connectivity index (χ1) is 9.92. The van der Waals surface area contributed by atoms with Crippen molar-refractivity contribution in [3.05, 3.63) is 90.5 Å². The van der Waals surface area contributed by atoms with E-state index >= 15 is 0 Å². The zero-order valence-corrected chi connectivity index (χ0v) is 11.4. The Labute approximate surface area is 119 Å². The molecular formula is C18H19N2+. The van der Waals surface area contributed by atoms with Crippen LogP contribution in [-0.2, 0) is 13.0 Å². The Hall–Kier alpha value is -2.35. The first kappa shape index (κ1) is 12.7. The number of benzene rings is 2. The molecule has 1 heterocycles. The lowest BCUT2D eigenvalue weighted by atomic mass is 9.92. The molecule has 100 valence electrons. The first-order valence-corrected chi connectivity index (χ1v) is 7.02. The molecule has 0 fully saturated rings. The van der Waals surface area contributed by atoms with Crippen LogP contribution in [0.5, 0.6) is 0 Å². The van der Waals surface area contributed by atoms with Gasteiger partial charge in [0.2, 0.25) is 6.33 Å². The molecule has 3 rings (SSSR count). The highest BCUT2D eigenvalue weighted by molar-refractivity contribution is 5.23. The molecule has 2 nitrogen and oxygen atoms in total. The fourth-order valence-electron chi connectivity index (χ4n) is 2.60. The molecule has 0 saturated heterocycles. The Morgan fingerprint density at radius 3 is 2.25 bits per heavy atom. The third-order valence-corrected chi connectivity index (χ3v) is 3.63. The van der Waals surface area contributed by atoms with Gasteiger partial charge in [0.25, 0.3) is 0 Å². The molecule has 1 atom stereocenters. The van der Waals surface area contributed by atoms with E-state index in [0.29, 0.717) is 5.92 Å². The van der Waals surface area contributed by atoms with Crippen molar-refractivity contribution in [1.82, 2.24) is 4.98 Å². The molecule has 3 aromatic rings. The molecule has 2 heteroatoms. The fourth-order valence-corrected chi connectivity index (χ4v) is 2.60. The number of nitrogens with one attached hydrogen (secondary N) is 1. The van der Waals surface area contributed by atoms with E-state index in [4.69, 9.17) is 0 Å². The minimum Gasteiger partial charge on any atom is -0.250 e. The molecule has 1 unspecified atom stereocenters. The van der Waals surface area contributed by atoms with Gasteiger partial charge in [0.1, 0.15) is 12.4 Å². The molecule has 0 aliphatic carbocycles. The SMILES string of the molecule is c1ccc(CC(C[n+]2cc[nH]c2)c2ccccc2)cc1. The van der Waals surface area contributed by atoms with E-state index < -0.39 is 0 Å². The van der Waals surface area contributed by atoms with E-state index in [1.54, 1.807) is 0 Å². The number of nitrogens with zero attached hydrogens (tertiary/aromatic N) is 1. The molecule has 1 aromatic heterocycles. The first-order valence-electron chi connectivity index (χ1n) is 7.02. The van der Waals surface area contributed by atoms with E-state index in [1.165, 1.54) is 11.1 Å². The third-order valence-electron chi connectivity index (χ3n) is 3.63. The second-order valence-corrected chi connectivity index (χ2v) is 5.11. The predicted octanol–water partition coefficient (Wildman–Crippen LogP) is 3.33. The standard InChI is InChI=1S/C18H18N2/c1-3-7-16(8-4-1)13-18(14-20-12-11-19-15-20)17-9-5-2-6-10-17/h1-12,15,18H,13-14H2/p+1. The number of hydrogen-bond acceptors (Lipinski definition) is 0. The summed E-state index contributed by atoms with van der Waals surface area (Å²) in [5.41, 5.74) is 2.78. The molecule has 0 bridgehead atoms. The summed E-state index contributed by atoms with van der Waals surface area (Å²) in [6.07, 6.45) is 7.12. The zero-order chi connectivity index (χ0) is 13.6. The van der Waals surface area contributed by atoms with Crippen LogP contribution in [0.3, 0.4) is 0 Å². The van der Waals surface area contributed by atoms with Crippen LogP contribution < -0.4 is 4.57 Å². The normalized spacial score (nSPS) is 12.2. The number of H-pyrrole nitrogens is 1. The number of aromatic nitrogens is 2. The Bertz CT molecular complexity index is 615. The van der Waals surface area contributed by atoms with Crippen LogP contribution in [0.2, 0.25) is 0 Å². The molecular weight excluding hydrogens is 244 g/mol. The highest BCUT2D eigenvalue weighted by atomic mass is 15.0. The number of hydrogen-bond donors (Lipinski definition) is 1. The van der Waals surface area contributed by atoms with Gasteiger partial charge in [0.15, 0.2) is 0 Å². The summed E-state index contributed by atoms with van der Waals surface area (Å²) in [7, 11) is 0. The molecule has 0 saturated carbocycles. The monoisotopic (exact) mass is 263 g/mol. The Balaban J connectivity index is 1.83. The minimum absolute atomic E-state index is 0.486. The van der Waals surface area contributed by atoms with E-state index in [1.807, 2.05) is 12.5 Å². The van der Waals surface area contributed by atoms with Crippen molar-refractivity contribution in [2.45, 2.75) is 18.9 Å². The maximum Gasteiger partial charge on any atom is 0.241 e. The topological polar surface area (TPSA) is 19.7 Å². The highest BCUT2D eigenvalue weighted by Crippen LogP contribution is 2.21. The van der Waals surface area contributed by atoms with Crippen molar-refractivity contribution < 1.29 is 4.57 Å². The van der Waals surface area contributed by atoms with E-state index in [0.717, 1.165) is 13.0 Å². The smallest absolute Gasteiger partial charge is 0.241 e. The Morgan fingerprint density at radius 1 is 0.900 bits per heavy atom. The number of imidazole rings is 1. The quantitative estimate of drug-likeness (QED) is 0.681. The lowest BCUT2D eigenvalue weighted by Gasteiger charge is -2.15. The summed E-state index contributed by atoms with van der Waals surface area (Å²) >= 11 is 0. The van der Waals surface area contributed by atoms with Crippen molar-refractivity contribution >= 4 is 0 Å². The van der Waals surface area contributed by atoms with Gasteiger partial charge in [-0.1, -0.05) is 60.7 Å². The summed E-state index contributed by atoms with van der Waals surface area (Å²) in [4.78, 5) is 3.11. The summed E-state index contributed by atoms with van der Waals surface area (Å²) in [6, 6.07) is 21.5. The Morgan fingerprint density at radius 2 is 1.60 bits per heavy atom. The van der Waals surface area contributed by atoms with Gasteiger partial charge in [0, 0.05) is 5.92 Å². The van der Waals surface area contributed by atoms with Gasteiger partial charge >= 0.3 is 0 Å². The van der Waals surface area contributed by atoms with Gasteiger partial charge in [-0.2, -0.15) is 0 Å². The van der Waals surface area contributed by atoms with E-state index in [-0.39, 0.29) is 0 Å². The van der Waals surface area contributed by atoms with Gasteiger partial charge in [0.05, 0.1) is 6.54 Å². The lowest BCUT2D eigenvalue weighted by molar-refractivity contribution is -0.698. The average molecular weight is 263 g/mol. The fraction of sp³-hybridized carbons (Fsp3) is 0.167. The molecule has 0 radical (unpaired) electrons. The molecule has 20 heavy (non-hydrogen) atoms. The second kappa shape index (κ2) is 6.20. The van der Waals surface area contributed by atoms with Crippen molar-refractivity contribution in [1.29, 1.82) is 0 Å². The molecule has 2 aromatic carbocycles. The van der Waals surface area contributed by atoms with Gasteiger partial charge in [-0.25, -0.2) is 4.57 Å². The second-order valence-electron chi connectivity index (χ2n) is 5.11. The summed E-state index contributed by atoms with van der Waals surface area (Å²) in [5, 5.41) is 0. The number of aromatic amines is 1. The summed E-state index contributed by atoms with van der Waals surface area (Å²) in [5.74, 6) is 0.486. The molecule has 0 spiro atoms. The Kier molecular flexibility index (Phi) is 3.93. The molecule has 0 aliphatic heterocycles. The van der Waals surface area contributed by atoms with E-state index in [2.05, 4.69) is 76.4 Å². The average Bonchev–Trinajstić information content (AvgIpc) is 3.02. The van der Waals surface area contributed by atoms with Crippen LogP contribution in [0.4, 0.5) is 0 Å². The van der Waals surface area contributed by atoms with Crippen LogP contribution in [0, 0.1) is 0 Å². The van der Waals surface area contributed by atoms with Crippen molar-refractivity contribution in [3.8, 4) is 0 Å². The zero-order valence-electron chi connectivity index (χ0n) is 11.4. The molecule has 0 aliphatic rings. The predicted molar refractivity (Wildman–Crippen MR) is 80.3 cm³/mol. The summed E-state index contributed by atoms with van der Waals surface area (Å²) < 4.78 is 2.21. The van der Waals surface area contributed by atoms with E-state index in [9.17, 15) is 0 Å². The maximum atomic E-state index is 3.11. The van der Waals surface area contributed by atoms with Gasteiger partial charge < -0.3 is 0 Å². The minimum atomic E-state index is 0.486. The third kappa shape index (κ3) is 3.15. The molecule has 1 N–H and O–H groups in total. The van der Waals surface area contributed by atoms with Crippen molar-refractivity contribution in [2.75, 3.05) is 0 Å². The lowest BCUT2D eigenvalue weighted by Crippen LogP contribution is -2.34. The van der Waals surface area contributed by atoms with Crippen LogP contribution in [0.1, 0.15) is 17.0 Å². The maximum absolute atomic E-state index is 3.11. The van der Waals surface area contributed by atoms with Gasteiger partial charge in [-0.3, -0.25) is 4.98 Å². The van der Waals surface area contributed by atoms with Crippen LogP contribution in [-0.4, -0.2) is 4.98 Å². The van der Waals surface area contributed by atoms with Crippen LogP contribution in [0.25, 0.3) is 0 Å². The highest BCUT2D eigenvalue weighted by Gasteiger charge is 2.15. The van der Waals surface area contributed by atoms with Crippen LogP contribution in [0.15, 0.2) is 79.4 Å². The van der Waals surface area contributed by atoms with Crippen molar-refractivity contribution in [2.24, 2.45) is 0 Å². The van der Waals surface area contributed by atoms with Gasteiger partial charge in [-0.05, 0) is 17.5 Å². The van der Waals surface area contributed by atoms with Crippen molar-refractivity contribution in [3.63, 3.8) is 0 Å². The van der Waals surface area contributed by atoms with Crippen LogP contribution >= 0.6 is 0 Å². The molecule has 0 amide bonds. The van der Waals surface area contributed by atoms with Gasteiger partial charge in [-0.15, -0.1) is 0 Å².